The summed E-state index contributed by atoms with van der Waals surface area (Å²) in [5, 5.41) is 3.73. The predicted molar refractivity (Wildman–Crippen MR) is 79.8 cm³/mol. The summed E-state index contributed by atoms with van der Waals surface area (Å²) in [7, 11) is 0. The lowest BCUT2D eigenvalue weighted by molar-refractivity contribution is 0.106. The van der Waals surface area contributed by atoms with Crippen molar-refractivity contribution in [2.45, 2.75) is 46.2 Å². The van der Waals surface area contributed by atoms with Crippen LogP contribution in [0.3, 0.4) is 0 Å². The van der Waals surface area contributed by atoms with Crippen molar-refractivity contribution < 1.29 is 0 Å². The van der Waals surface area contributed by atoms with Gasteiger partial charge in [0.1, 0.15) is 0 Å². The molecule has 1 saturated heterocycles. The van der Waals surface area contributed by atoms with Crippen LogP contribution in [0.2, 0.25) is 0 Å². The molecule has 1 rings (SSSR count). The van der Waals surface area contributed by atoms with Crippen LogP contribution in [0.25, 0.3) is 0 Å². The third kappa shape index (κ3) is 5.19. The van der Waals surface area contributed by atoms with Gasteiger partial charge >= 0.3 is 0 Å². The summed E-state index contributed by atoms with van der Waals surface area (Å²) >= 11 is 1.96. The summed E-state index contributed by atoms with van der Waals surface area (Å²) in [5.41, 5.74) is 0. The molecule has 0 aromatic heterocycles. The van der Waals surface area contributed by atoms with Crippen LogP contribution in [0.5, 0.6) is 0 Å². The second-order valence-corrected chi connectivity index (χ2v) is 7.02. The third-order valence-electron chi connectivity index (χ3n) is 3.69. The zero-order valence-corrected chi connectivity index (χ0v) is 13.0. The molecule has 17 heavy (non-hydrogen) atoms. The highest BCUT2D eigenvalue weighted by Gasteiger charge is 2.29. The molecule has 0 aromatic carbocycles. The molecule has 0 amide bonds. The summed E-state index contributed by atoms with van der Waals surface area (Å²) in [4.78, 5) is 2.72. The Balaban J connectivity index is 2.52. The quantitative estimate of drug-likeness (QED) is 0.788. The molecule has 0 bridgehead atoms. The maximum Gasteiger partial charge on any atom is 0.0224 e. The first kappa shape index (κ1) is 15.3. The van der Waals surface area contributed by atoms with Crippen LogP contribution >= 0.6 is 11.8 Å². The molecule has 3 heteroatoms. The molecule has 1 N–H and O–H groups in total. The van der Waals surface area contributed by atoms with E-state index in [1.54, 1.807) is 0 Å². The van der Waals surface area contributed by atoms with E-state index >= 15 is 0 Å². The highest BCUT2D eigenvalue weighted by atomic mass is 32.2. The molecule has 0 spiro atoms. The van der Waals surface area contributed by atoms with Gasteiger partial charge in [-0.05, 0) is 24.5 Å². The molecule has 102 valence electrons. The molecule has 0 saturated carbocycles. The number of thioether (sulfide) groups is 1. The van der Waals surface area contributed by atoms with Crippen molar-refractivity contribution in [1.82, 2.24) is 10.2 Å². The number of rotatable bonds is 6. The van der Waals surface area contributed by atoms with E-state index in [1.807, 2.05) is 11.8 Å². The smallest absolute Gasteiger partial charge is 0.0224 e. The number of piperazine rings is 1. The molecule has 1 aliphatic rings. The summed E-state index contributed by atoms with van der Waals surface area (Å²) in [5.74, 6) is 2.81. The van der Waals surface area contributed by atoms with E-state index in [4.69, 9.17) is 0 Å². The van der Waals surface area contributed by atoms with Crippen molar-refractivity contribution in [3.8, 4) is 0 Å². The number of nitrogens with one attached hydrogen (secondary N) is 1. The Morgan fingerprint density at radius 2 is 2.00 bits per heavy atom. The van der Waals surface area contributed by atoms with Gasteiger partial charge in [0.2, 0.25) is 0 Å². The summed E-state index contributed by atoms with van der Waals surface area (Å²) in [6.07, 6.45) is 3.53. The second kappa shape index (κ2) is 7.65. The first-order chi connectivity index (χ1) is 8.04. The first-order valence-corrected chi connectivity index (χ1v) is 8.40. The van der Waals surface area contributed by atoms with Gasteiger partial charge in [-0.25, -0.2) is 0 Å². The average Bonchev–Trinajstić information content (AvgIpc) is 2.26. The number of nitrogens with zero attached hydrogens (tertiary/aromatic N) is 1. The van der Waals surface area contributed by atoms with E-state index in [0.29, 0.717) is 6.04 Å². The monoisotopic (exact) mass is 258 g/mol. The van der Waals surface area contributed by atoms with Crippen LogP contribution in [0.4, 0.5) is 0 Å². The first-order valence-electron chi connectivity index (χ1n) is 7.01. The van der Waals surface area contributed by atoms with Crippen LogP contribution in [-0.4, -0.2) is 48.6 Å². The minimum Gasteiger partial charge on any atom is -0.311 e. The van der Waals surface area contributed by atoms with Crippen molar-refractivity contribution in [1.29, 1.82) is 0 Å². The third-order valence-corrected chi connectivity index (χ3v) is 4.28. The predicted octanol–water partition coefficient (Wildman–Crippen LogP) is 2.69. The van der Waals surface area contributed by atoms with E-state index in [-0.39, 0.29) is 0 Å². The molecule has 2 unspecified atom stereocenters. The van der Waals surface area contributed by atoms with E-state index < -0.39 is 0 Å². The van der Waals surface area contributed by atoms with Crippen LogP contribution < -0.4 is 5.32 Å². The Labute approximate surface area is 112 Å². The normalized spacial score (nSPS) is 27.0. The second-order valence-electron chi connectivity index (χ2n) is 6.03. The standard InChI is InChI=1S/C14H30N2S/c1-11(2)8-13-9-15-14(12(3)4)10-16(13)6-7-17-5/h11-15H,6-10H2,1-5H3. The lowest BCUT2D eigenvalue weighted by atomic mass is 9.95. The zero-order valence-electron chi connectivity index (χ0n) is 12.2. The lowest BCUT2D eigenvalue weighted by Gasteiger charge is -2.42. The van der Waals surface area contributed by atoms with Gasteiger partial charge in [-0.1, -0.05) is 27.7 Å². The van der Waals surface area contributed by atoms with Gasteiger partial charge in [0, 0.05) is 37.5 Å². The van der Waals surface area contributed by atoms with Crippen LogP contribution in [0.1, 0.15) is 34.1 Å². The lowest BCUT2D eigenvalue weighted by Crippen LogP contribution is -2.58. The summed E-state index contributed by atoms with van der Waals surface area (Å²) in [6.45, 7) is 13.0. The largest absolute Gasteiger partial charge is 0.311 e. The van der Waals surface area contributed by atoms with E-state index in [0.717, 1.165) is 17.9 Å². The summed E-state index contributed by atoms with van der Waals surface area (Å²) < 4.78 is 0. The van der Waals surface area contributed by atoms with Gasteiger partial charge in [-0.15, -0.1) is 0 Å². The Hall–Kier alpha value is 0.270. The molecule has 1 fully saturated rings. The number of hydrogen-bond acceptors (Lipinski definition) is 3. The van der Waals surface area contributed by atoms with Crippen LogP contribution in [-0.2, 0) is 0 Å². The average molecular weight is 258 g/mol. The molecule has 2 nitrogen and oxygen atoms in total. The molecular formula is C14H30N2S. The van der Waals surface area contributed by atoms with E-state index in [9.17, 15) is 0 Å². The van der Waals surface area contributed by atoms with Crippen molar-refractivity contribution in [2.24, 2.45) is 11.8 Å². The molecule has 0 radical (unpaired) electrons. The van der Waals surface area contributed by atoms with Crippen molar-refractivity contribution >= 4 is 11.8 Å². The Bertz CT molecular complexity index is 206. The fourth-order valence-corrected chi connectivity index (χ4v) is 3.01. The van der Waals surface area contributed by atoms with Gasteiger partial charge in [-0.3, -0.25) is 4.90 Å². The minimum atomic E-state index is 0.681. The topological polar surface area (TPSA) is 15.3 Å². The van der Waals surface area contributed by atoms with Crippen molar-refractivity contribution in [2.75, 3.05) is 31.6 Å². The minimum absolute atomic E-state index is 0.681. The van der Waals surface area contributed by atoms with Crippen molar-refractivity contribution in [3.63, 3.8) is 0 Å². The fraction of sp³-hybridized carbons (Fsp3) is 1.00. The summed E-state index contributed by atoms with van der Waals surface area (Å²) in [6, 6.07) is 1.43. The Kier molecular flexibility index (Phi) is 6.90. The maximum atomic E-state index is 3.73. The molecule has 1 heterocycles. The Morgan fingerprint density at radius 3 is 2.53 bits per heavy atom. The molecule has 0 aliphatic carbocycles. The highest BCUT2D eigenvalue weighted by Crippen LogP contribution is 2.18. The SMILES string of the molecule is CSCCN1CC(C(C)C)NCC1CC(C)C. The van der Waals surface area contributed by atoms with Gasteiger partial charge in [0.05, 0.1) is 0 Å². The molecule has 0 aromatic rings. The fourth-order valence-electron chi connectivity index (χ4n) is 2.59. The highest BCUT2D eigenvalue weighted by molar-refractivity contribution is 7.98. The number of hydrogen-bond donors (Lipinski definition) is 1. The molecule has 1 aliphatic heterocycles. The Morgan fingerprint density at radius 1 is 1.29 bits per heavy atom. The zero-order chi connectivity index (χ0) is 12.8. The van der Waals surface area contributed by atoms with Crippen LogP contribution in [0, 0.1) is 11.8 Å². The van der Waals surface area contributed by atoms with Crippen LogP contribution in [0.15, 0.2) is 0 Å². The van der Waals surface area contributed by atoms with Gasteiger partial charge in [0.15, 0.2) is 0 Å². The van der Waals surface area contributed by atoms with E-state index in [2.05, 4.69) is 44.2 Å². The van der Waals surface area contributed by atoms with Gasteiger partial charge < -0.3 is 5.32 Å². The van der Waals surface area contributed by atoms with Gasteiger partial charge in [0.25, 0.3) is 0 Å². The molecular weight excluding hydrogens is 228 g/mol. The van der Waals surface area contributed by atoms with Crippen molar-refractivity contribution in [3.05, 3.63) is 0 Å². The van der Waals surface area contributed by atoms with E-state index in [1.165, 1.54) is 31.8 Å². The molecule has 2 atom stereocenters. The van der Waals surface area contributed by atoms with Gasteiger partial charge in [-0.2, -0.15) is 11.8 Å². The maximum absolute atomic E-state index is 3.73.